The monoisotopic (exact) mass is 458 g/mol. The molecule has 33 heavy (non-hydrogen) atoms. The summed E-state index contributed by atoms with van der Waals surface area (Å²) >= 11 is 1.47. The van der Waals surface area contributed by atoms with Crippen LogP contribution in [0.2, 0.25) is 0 Å². The second-order valence-corrected chi connectivity index (χ2v) is 8.99. The van der Waals surface area contributed by atoms with Crippen LogP contribution in [0.15, 0.2) is 72.5 Å². The van der Waals surface area contributed by atoms with Crippen LogP contribution >= 0.6 is 11.3 Å². The lowest BCUT2D eigenvalue weighted by Gasteiger charge is -2.25. The van der Waals surface area contributed by atoms with Crippen LogP contribution in [-0.4, -0.2) is 27.0 Å². The van der Waals surface area contributed by atoms with Gasteiger partial charge in [-0.3, -0.25) is 15.1 Å². The largest absolute Gasteiger partial charge is 0.363 e. The maximum Gasteiger partial charge on any atom is 0.274 e. The first-order valence-electron chi connectivity index (χ1n) is 11.1. The Bertz CT molecular complexity index is 1220. The smallest absolute Gasteiger partial charge is 0.274 e. The fourth-order valence-corrected chi connectivity index (χ4v) is 5.06. The first-order valence-corrected chi connectivity index (χ1v) is 12.0. The lowest BCUT2D eigenvalue weighted by atomic mass is 10.1. The van der Waals surface area contributed by atoms with E-state index >= 15 is 0 Å². The molecule has 0 saturated carbocycles. The van der Waals surface area contributed by atoms with Gasteiger partial charge in [-0.1, -0.05) is 12.1 Å². The van der Waals surface area contributed by atoms with Crippen LogP contribution in [0.25, 0.3) is 0 Å². The van der Waals surface area contributed by atoms with Gasteiger partial charge in [-0.05, 0) is 60.4 Å². The standard InChI is InChI=1S/C25H26N6OS/c26-15-18-5-7-20(8-6-18)31-14-2-3-22(31)21-17-33-25(28-21)29-24(32)23-4-1-13-30(23)16-19-9-11-27-12-10-19/h1,4-13,17,22H,2-3,14-16,26H2,(H,28,29,32). The zero-order valence-electron chi connectivity index (χ0n) is 18.2. The summed E-state index contributed by atoms with van der Waals surface area (Å²) < 4.78 is 1.93. The molecule has 1 aromatic carbocycles. The fraction of sp³-hybridized carbons (Fsp3) is 0.240. The molecule has 1 unspecified atom stereocenters. The van der Waals surface area contributed by atoms with Crippen molar-refractivity contribution in [2.24, 2.45) is 5.73 Å². The molecule has 1 aliphatic rings. The van der Waals surface area contributed by atoms with Gasteiger partial charge in [-0.2, -0.15) is 0 Å². The molecule has 168 valence electrons. The molecule has 0 aliphatic carbocycles. The third kappa shape index (κ3) is 4.67. The van der Waals surface area contributed by atoms with Crippen LogP contribution in [0.5, 0.6) is 0 Å². The topological polar surface area (TPSA) is 89.1 Å². The van der Waals surface area contributed by atoms with Crippen LogP contribution in [-0.2, 0) is 13.1 Å². The number of nitrogens with zero attached hydrogens (tertiary/aromatic N) is 4. The number of pyridine rings is 1. The molecule has 4 heterocycles. The Morgan fingerprint density at radius 2 is 1.94 bits per heavy atom. The number of carbonyl (C=O) groups excluding carboxylic acids is 1. The fourth-order valence-electron chi connectivity index (χ4n) is 4.31. The molecule has 4 aromatic rings. The number of rotatable bonds is 7. The molecule has 1 saturated heterocycles. The highest BCUT2D eigenvalue weighted by Crippen LogP contribution is 2.37. The Hall–Kier alpha value is -3.49. The van der Waals surface area contributed by atoms with E-state index in [9.17, 15) is 4.79 Å². The average Bonchev–Trinajstić information content (AvgIpc) is 3.60. The minimum absolute atomic E-state index is 0.157. The summed E-state index contributed by atoms with van der Waals surface area (Å²) in [7, 11) is 0. The van der Waals surface area contributed by atoms with E-state index in [0.717, 1.165) is 36.2 Å². The zero-order chi connectivity index (χ0) is 22.6. The predicted octanol–water partition coefficient (Wildman–Crippen LogP) is 4.44. The lowest BCUT2D eigenvalue weighted by Crippen LogP contribution is -2.23. The van der Waals surface area contributed by atoms with Crippen molar-refractivity contribution in [1.82, 2.24) is 14.5 Å². The van der Waals surface area contributed by atoms with Crippen LogP contribution in [0.3, 0.4) is 0 Å². The van der Waals surface area contributed by atoms with Gasteiger partial charge in [0.25, 0.3) is 5.91 Å². The van der Waals surface area contributed by atoms with Crippen molar-refractivity contribution in [3.63, 3.8) is 0 Å². The number of nitrogens with one attached hydrogen (secondary N) is 1. The summed E-state index contributed by atoms with van der Waals surface area (Å²) in [5, 5.41) is 5.67. The molecular formula is C25H26N6OS. The molecule has 1 aliphatic heterocycles. The van der Waals surface area contributed by atoms with E-state index in [1.54, 1.807) is 12.4 Å². The molecule has 8 heteroatoms. The van der Waals surface area contributed by atoms with E-state index in [0.29, 0.717) is 23.9 Å². The number of thiazole rings is 1. The molecule has 1 fully saturated rings. The summed E-state index contributed by atoms with van der Waals surface area (Å²) in [4.78, 5) is 24.2. The lowest BCUT2D eigenvalue weighted by molar-refractivity contribution is 0.101. The van der Waals surface area contributed by atoms with Crippen molar-refractivity contribution in [2.45, 2.75) is 32.0 Å². The summed E-state index contributed by atoms with van der Waals surface area (Å²) in [5.74, 6) is -0.157. The SMILES string of the molecule is NCc1ccc(N2CCCC2c2csc(NC(=O)c3cccn3Cc3ccncc3)n2)cc1. The zero-order valence-corrected chi connectivity index (χ0v) is 19.0. The summed E-state index contributed by atoms with van der Waals surface area (Å²) in [6.45, 7) is 2.15. The maximum atomic E-state index is 13.0. The molecule has 1 atom stereocenters. The quantitative estimate of drug-likeness (QED) is 0.427. The minimum atomic E-state index is -0.157. The highest BCUT2D eigenvalue weighted by Gasteiger charge is 2.28. The number of nitrogens with two attached hydrogens (primary N) is 1. The molecule has 1 amide bonds. The van der Waals surface area contributed by atoms with Gasteiger partial charge in [0.05, 0.1) is 11.7 Å². The van der Waals surface area contributed by atoms with Crippen molar-refractivity contribution >= 4 is 28.1 Å². The van der Waals surface area contributed by atoms with E-state index in [-0.39, 0.29) is 11.9 Å². The number of hydrogen-bond donors (Lipinski definition) is 2. The third-order valence-electron chi connectivity index (χ3n) is 6.00. The van der Waals surface area contributed by atoms with E-state index < -0.39 is 0 Å². The summed E-state index contributed by atoms with van der Waals surface area (Å²) in [5.41, 5.74) is 10.7. The molecule has 5 rings (SSSR count). The number of amides is 1. The highest BCUT2D eigenvalue weighted by atomic mass is 32.1. The Kier molecular flexibility index (Phi) is 6.19. The first kappa shape index (κ1) is 21.4. The van der Waals surface area contributed by atoms with Gasteiger partial charge in [0.1, 0.15) is 5.69 Å². The van der Waals surface area contributed by atoms with Crippen LogP contribution in [0.1, 0.15) is 46.2 Å². The molecule has 0 radical (unpaired) electrons. The van der Waals surface area contributed by atoms with Gasteiger partial charge in [0.2, 0.25) is 0 Å². The summed E-state index contributed by atoms with van der Waals surface area (Å²) in [6, 6.07) is 16.3. The molecule has 0 bridgehead atoms. The number of hydrogen-bond acceptors (Lipinski definition) is 6. The normalized spacial score (nSPS) is 15.7. The van der Waals surface area contributed by atoms with Gasteiger partial charge >= 0.3 is 0 Å². The summed E-state index contributed by atoms with van der Waals surface area (Å²) in [6.07, 6.45) is 7.59. The van der Waals surface area contributed by atoms with Gasteiger partial charge in [0.15, 0.2) is 5.13 Å². The minimum Gasteiger partial charge on any atom is -0.363 e. The average molecular weight is 459 g/mol. The number of benzene rings is 1. The van der Waals surface area contributed by atoms with Gasteiger partial charge in [-0.25, -0.2) is 4.98 Å². The van der Waals surface area contributed by atoms with E-state index in [2.05, 4.69) is 44.8 Å². The Morgan fingerprint density at radius 3 is 2.73 bits per heavy atom. The number of anilines is 2. The number of aromatic nitrogens is 3. The van der Waals surface area contributed by atoms with Crippen molar-refractivity contribution in [2.75, 3.05) is 16.8 Å². The molecule has 3 aromatic heterocycles. The van der Waals surface area contributed by atoms with Gasteiger partial charge in [-0.15, -0.1) is 11.3 Å². The Morgan fingerprint density at radius 1 is 1.12 bits per heavy atom. The van der Waals surface area contributed by atoms with Gasteiger partial charge in [0, 0.05) is 49.3 Å². The second kappa shape index (κ2) is 9.56. The van der Waals surface area contributed by atoms with Crippen molar-refractivity contribution in [3.05, 3.63) is 95.0 Å². The first-order chi connectivity index (χ1) is 16.2. The Labute approximate surface area is 196 Å². The van der Waals surface area contributed by atoms with Gasteiger partial charge < -0.3 is 15.2 Å². The van der Waals surface area contributed by atoms with E-state index in [4.69, 9.17) is 10.7 Å². The Balaban J connectivity index is 1.28. The van der Waals surface area contributed by atoms with Crippen LogP contribution in [0.4, 0.5) is 10.8 Å². The molecule has 0 spiro atoms. The van der Waals surface area contributed by atoms with Crippen molar-refractivity contribution in [3.8, 4) is 0 Å². The van der Waals surface area contributed by atoms with Crippen molar-refractivity contribution in [1.29, 1.82) is 0 Å². The maximum absolute atomic E-state index is 13.0. The van der Waals surface area contributed by atoms with Crippen LogP contribution < -0.4 is 16.0 Å². The number of carbonyl (C=O) groups is 1. The molecule has 3 N–H and O–H groups in total. The van der Waals surface area contributed by atoms with E-state index in [1.165, 1.54) is 17.0 Å². The predicted molar refractivity (Wildman–Crippen MR) is 131 cm³/mol. The van der Waals surface area contributed by atoms with Crippen LogP contribution in [0, 0.1) is 0 Å². The second-order valence-electron chi connectivity index (χ2n) is 8.13. The molecule has 7 nitrogen and oxygen atoms in total. The van der Waals surface area contributed by atoms with E-state index in [1.807, 2.05) is 35.0 Å². The highest BCUT2D eigenvalue weighted by molar-refractivity contribution is 7.14. The third-order valence-corrected chi connectivity index (χ3v) is 6.78. The van der Waals surface area contributed by atoms with Crippen molar-refractivity contribution < 1.29 is 4.79 Å². The molecular weight excluding hydrogens is 432 g/mol.